The molecule has 3 rings (SSSR count). The lowest BCUT2D eigenvalue weighted by Gasteiger charge is -2.34. The Morgan fingerprint density at radius 2 is 1.65 bits per heavy atom. The van der Waals surface area contributed by atoms with E-state index in [1.54, 1.807) is 24.3 Å². The lowest BCUT2D eigenvalue weighted by atomic mass is 10.0. The number of halogens is 3. The van der Waals surface area contributed by atoms with Crippen LogP contribution in [0.3, 0.4) is 0 Å². The lowest BCUT2D eigenvalue weighted by Crippen LogP contribution is -2.54. The molecule has 0 saturated carbocycles. The van der Waals surface area contributed by atoms with Crippen molar-refractivity contribution in [2.75, 3.05) is 17.1 Å². The van der Waals surface area contributed by atoms with Gasteiger partial charge in [-0.25, -0.2) is 12.8 Å². The van der Waals surface area contributed by atoms with E-state index in [2.05, 4.69) is 5.32 Å². The average Bonchev–Trinajstić information content (AvgIpc) is 2.90. The van der Waals surface area contributed by atoms with E-state index in [1.165, 1.54) is 11.0 Å². The molecule has 3 aromatic rings. The molecule has 0 fully saturated rings. The van der Waals surface area contributed by atoms with Crippen LogP contribution >= 0.6 is 23.2 Å². The van der Waals surface area contributed by atoms with Crippen LogP contribution in [0.25, 0.3) is 0 Å². The second-order valence-electron chi connectivity index (χ2n) is 9.54. The van der Waals surface area contributed by atoms with Crippen LogP contribution in [-0.4, -0.2) is 50.0 Å². The fourth-order valence-corrected chi connectivity index (χ4v) is 5.31. The van der Waals surface area contributed by atoms with E-state index in [0.717, 1.165) is 28.3 Å². The number of anilines is 1. The summed E-state index contributed by atoms with van der Waals surface area (Å²) in [6.45, 7) is 3.16. The predicted octanol–water partition coefficient (Wildman–Crippen LogP) is 5.45. The van der Waals surface area contributed by atoms with Gasteiger partial charge in [-0.05, 0) is 54.8 Å². The van der Waals surface area contributed by atoms with Crippen molar-refractivity contribution in [2.24, 2.45) is 0 Å². The quantitative estimate of drug-likeness (QED) is 0.296. The number of rotatable bonds is 12. The number of amides is 2. The highest BCUT2D eigenvalue weighted by Gasteiger charge is 2.33. The second kappa shape index (κ2) is 14.0. The third kappa shape index (κ3) is 8.68. The highest BCUT2D eigenvalue weighted by Crippen LogP contribution is 2.25. The largest absolute Gasteiger partial charge is 0.352 e. The zero-order chi connectivity index (χ0) is 29.4. The van der Waals surface area contributed by atoms with E-state index in [9.17, 15) is 22.4 Å². The number of hydrogen-bond acceptors (Lipinski definition) is 4. The van der Waals surface area contributed by atoms with Crippen molar-refractivity contribution in [3.8, 4) is 0 Å². The maximum atomic E-state index is 14.0. The van der Waals surface area contributed by atoms with Gasteiger partial charge in [0.2, 0.25) is 21.8 Å². The molecule has 2 amide bonds. The summed E-state index contributed by atoms with van der Waals surface area (Å²) in [5.41, 5.74) is 1.50. The zero-order valence-corrected chi connectivity index (χ0v) is 24.8. The Bertz CT molecular complexity index is 1440. The SMILES string of the molecule is CC[C@H](C)NC(=O)[C@H](Cc1ccccc1)N(Cc1cccc(Cl)c1)C(=O)CN(c1ccc(F)c(Cl)c1)S(C)(=O)=O. The molecule has 1 N–H and O–H groups in total. The number of nitrogens with one attached hydrogen (secondary N) is 1. The van der Waals surface area contributed by atoms with Gasteiger partial charge < -0.3 is 10.2 Å². The first-order chi connectivity index (χ1) is 18.9. The fraction of sp³-hybridized carbons (Fsp3) is 0.310. The molecule has 0 aliphatic carbocycles. The highest BCUT2D eigenvalue weighted by atomic mass is 35.5. The van der Waals surface area contributed by atoms with Crippen molar-refractivity contribution in [1.29, 1.82) is 0 Å². The monoisotopic (exact) mass is 607 g/mol. The molecule has 0 aliphatic heterocycles. The van der Waals surface area contributed by atoms with Gasteiger partial charge in [0.1, 0.15) is 18.4 Å². The van der Waals surface area contributed by atoms with Crippen LogP contribution in [0.15, 0.2) is 72.8 Å². The average molecular weight is 609 g/mol. The summed E-state index contributed by atoms with van der Waals surface area (Å²) in [5, 5.41) is 3.12. The van der Waals surface area contributed by atoms with Crippen LogP contribution in [0.5, 0.6) is 0 Å². The van der Waals surface area contributed by atoms with Crippen molar-refractivity contribution in [3.05, 3.63) is 99.8 Å². The van der Waals surface area contributed by atoms with Crippen molar-refractivity contribution in [3.63, 3.8) is 0 Å². The number of hydrogen-bond donors (Lipinski definition) is 1. The summed E-state index contributed by atoms with van der Waals surface area (Å²) >= 11 is 12.1. The van der Waals surface area contributed by atoms with E-state index in [0.29, 0.717) is 17.0 Å². The van der Waals surface area contributed by atoms with Gasteiger partial charge >= 0.3 is 0 Å². The minimum Gasteiger partial charge on any atom is -0.352 e. The Labute approximate surface area is 244 Å². The molecule has 0 spiro atoms. The van der Waals surface area contributed by atoms with Gasteiger partial charge in [0.05, 0.1) is 17.0 Å². The minimum absolute atomic E-state index is 0.00735. The maximum Gasteiger partial charge on any atom is 0.244 e. The van der Waals surface area contributed by atoms with Crippen LogP contribution in [0.4, 0.5) is 10.1 Å². The molecule has 0 bridgehead atoms. The molecule has 0 aromatic heterocycles. The summed E-state index contributed by atoms with van der Waals surface area (Å²) < 4.78 is 40.3. The predicted molar refractivity (Wildman–Crippen MR) is 157 cm³/mol. The molecule has 3 aromatic carbocycles. The van der Waals surface area contributed by atoms with Gasteiger partial charge in [-0.15, -0.1) is 0 Å². The maximum absolute atomic E-state index is 14.0. The Morgan fingerprint density at radius 3 is 2.25 bits per heavy atom. The molecule has 7 nitrogen and oxygen atoms in total. The van der Waals surface area contributed by atoms with Crippen molar-refractivity contribution < 1.29 is 22.4 Å². The van der Waals surface area contributed by atoms with Crippen LogP contribution in [0, 0.1) is 5.82 Å². The van der Waals surface area contributed by atoms with E-state index in [1.807, 2.05) is 44.2 Å². The van der Waals surface area contributed by atoms with E-state index in [4.69, 9.17) is 23.2 Å². The van der Waals surface area contributed by atoms with Crippen LogP contribution < -0.4 is 9.62 Å². The molecule has 0 heterocycles. The molecule has 0 aliphatic rings. The highest BCUT2D eigenvalue weighted by molar-refractivity contribution is 7.92. The van der Waals surface area contributed by atoms with Gasteiger partial charge in [0, 0.05) is 24.0 Å². The van der Waals surface area contributed by atoms with Crippen molar-refractivity contribution >= 4 is 50.7 Å². The Balaban J connectivity index is 2.07. The molecule has 214 valence electrons. The number of nitrogens with zero attached hydrogens (tertiary/aromatic N) is 2. The molecule has 40 heavy (non-hydrogen) atoms. The number of benzene rings is 3. The van der Waals surface area contributed by atoms with Gasteiger partial charge in [0.15, 0.2) is 0 Å². The Kier molecular flexibility index (Phi) is 11.0. The van der Waals surface area contributed by atoms with Crippen LogP contribution in [-0.2, 0) is 32.6 Å². The topological polar surface area (TPSA) is 86.8 Å². The van der Waals surface area contributed by atoms with Gasteiger partial charge in [-0.2, -0.15) is 0 Å². The molecular weight excluding hydrogens is 576 g/mol. The third-order valence-corrected chi connectivity index (χ3v) is 8.05. The minimum atomic E-state index is -4.00. The van der Waals surface area contributed by atoms with Gasteiger partial charge in [-0.3, -0.25) is 13.9 Å². The first-order valence-corrected chi connectivity index (χ1v) is 15.3. The zero-order valence-electron chi connectivity index (χ0n) is 22.5. The third-order valence-electron chi connectivity index (χ3n) is 6.38. The molecule has 11 heteroatoms. The number of sulfonamides is 1. The Hall–Kier alpha value is -3.14. The van der Waals surface area contributed by atoms with E-state index in [-0.39, 0.29) is 35.6 Å². The molecule has 0 radical (unpaired) electrons. The second-order valence-corrected chi connectivity index (χ2v) is 12.3. The van der Waals surface area contributed by atoms with Crippen molar-refractivity contribution in [1.82, 2.24) is 10.2 Å². The molecule has 2 atom stereocenters. The summed E-state index contributed by atoms with van der Waals surface area (Å²) in [6, 6.07) is 18.4. The van der Waals surface area contributed by atoms with Crippen molar-refractivity contribution in [2.45, 2.75) is 45.3 Å². The Morgan fingerprint density at radius 1 is 0.975 bits per heavy atom. The van der Waals surface area contributed by atoms with E-state index >= 15 is 0 Å². The van der Waals surface area contributed by atoms with Gasteiger partial charge in [0.25, 0.3) is 0 Å². The standard InChI is InChI=1S/C29H32Cl2FN3O4S/c1-4-20(2)33-29(37)27(16-21-9-6-5-7-10-21)34(18-22-11-8-12-23(30)15-22)28(36)19-35(40(3,38)39)24-13-14-26(32)25(31)17-24/h5-15,17,20,27H,4,16,18-19H2,1-3H3,(H,33,37)/t20-,27-/m0/s1. The summed E-state index contributed by atoms with van der Waals surface area (Å²) in [6.07, 6.45) is 1.81. The summed E-state index contributed by atoms with van der Waals surface area (Å²) in [4.78, 5) is 29.0. The fourth-order valence-electron chi connectivity index (χ4n) is 4.08. The molecule has 0 saturated heterocycles. The number of carbonyl (C=O) groups excluding carboxylic acids is 2. The summed E-state index contributed by atoms with van der Waals surface area (Å²) in [5.74, 6) is -1.73. The van der Waals surface area contributed by atoms with E-state index < -0.39 is 34.3 Å². The molecular formula is C29H32Cl2FN3O4S. The molecule has 0 unspecified atom stereocenters. The smallest absolute Gasteiger partial charge is 0.244 e. The normalized spacial score (nSPS) is 12.8. The summed E-state index contributed by atoms with van der Waals surface area (Å²) in [7, 11) is -4.00. The van der Waals surface area contributed by atoms with Crippen LogP contribution in [0.2, 0.25) is 10.0 Å². The van der Waals surface area contributed by atoms with Gasteiger partial charge in [-0.1, -0.05) is 72.6 Å². The van der Waals surface area contributed by atoms with Crippen LogP contribution in [0.1, 0.15) is 31.4 Å². The first-order valence-electron chi connectivity index (χ1n) is 12.7. The number of carbonyl (C=O) groups is 2. The first kappa shape index (κ1) is 31.4. The lowest BCUT2D eigenvalue weighted by molar-refractivity contribution is -0.140.